The maximum atomic E-state index is 13.7. The Hall–Kier alpha value is -3.49. The summed E-state index contributed by atoms with van der Waals surface area (Å²) in [5.74, 6) is -0.697. The number of nitrogens with zero attached hydrogens (tertiary/aromatic N) is 4. The average Bonchev–Trinajstić information content (AvgIpc) is 3.06. The second-order valence-electron chi connectivity index (χ2n) is 12.5. The Labute approximate surface area is 265 Å². The van der Waals surface area contributed by atoms with Crippen LogP contribution in [0.5, 0.6) is 0 Å². The highest BCUT2D eigenvalue weighted by Gasteiger charge is 2.28. The lowest BCUT2D eigenvalue weighted by atomic mass is 9.95. The van der Waals surface area contributed by atoms with Gasteiger partial charge in [-0.05, 0) is 85.1 Å². The first kappa shape index (κ1) is 31.5. The normalized spacial score (nSPS) is 18.0. The lowest BCUT2D eigenvalue weighted by Crippen LogP contribution is -2.49. The fourth-order valence-corrected chi connectivity index (χ4v) is 6.92. The van der Waals surface area contributed by atoms with E-state index in [2.05, 4.69) is 50.8 Å². The zero-order valence-corrected chi connectivity index (χ0v) is 26.1. The monoisotopic (exact) mass is 612 g/mol. The van der Waals surface area contributed by atoms with Crippen LogP contribution in [-0.2, 0) is 0 Å². The first-order valence-electron chi connectivity index (χ1n) is 16.2. The minimum absolute atomic E-state index is 0.0247. The van der Waals surface area contributed by atoms with Gasteiger partial charge in [-0.3, -0.25) is 9.80 Å². The minimum atomic E-state index is -0.248. The van der Waals surface area contributed by atoms with E-state index in [4.69, 9.17) is 0 Å². The number of hydrogen-bond donors (Lipinski definition) is 0. The van der Waals surface area contributed by atoms with Gasteiger partial charge in [0.25, 0.3) is 0 Å². The first-order chi connectivity index (χ1) is 21.9. The van der Waals surface area contributed by atoms with E-state index in [9.17, 15) is 13.2 Å². The van der Waals surface area contributed by atoms with E-state index in [0.717, 1.165) is 88.6 Å². The summed E-state index contributed by atoms with van der Waals surface area (Å²) in [7, 11) is 0. The molecule has 0 amide bonds. The predicted molar refractivity (Wildman–Crippen MR) is 175 cm³/mol. The fourth-order valence-electron chi connectivity index (χ4n) is 6.92. The summed E-state index contributed by atoms with van der Waals surface area (Å²) in [4.78, 5) is 10.1. The zero-order valence-electron chi connectivity index (χ0n) is 26.1. The van der Waals surface area contributed by atoms with Gasteiger partial charge in [-0.1, -0.05) is 66.2 Å². The minimum Gasteiger partial charge on any atom is -0.301 e. The molecule has 236 valence electrons. The van der Waals surface area contributed by atoms with Crippen LogP contribution in [0, 0.1) is 24.4 Å². The average molecular weight is 613 g/mol. The Morgan fingerprint density at radius 2 is 0.733 bits per heavy atom. The summed E-state index contributed by atoms with van der Waals surface area (Å²) < 4.78 is 41.1. The molecule has 2 saturated heterocycles. The van der Waals surface area contributed by atoms with Crippen molar-refractivity contribution in [1.29, 1.82) is 0 Å². The molecule has 0 aliphatic carbocycles. The number of hydrogen-bond acceptors (Lipinski definition) is 4. The Morgan fingerprint density at radius 3 is 1.04 bits per heavy atom. The molecule has 0 bridgehead atoms. The summed E-state index contributed by atoms with van der Waals surface area (Å²) in [6.45, 7) is 12.0. The van der Waals surface area contributed by atoms with Crippen LogP contribution in [0.4, 0.5) is 13.2 Å². The van der Waals surface area contributed by atoms with Gasteiger partial charge in [0.15, 0.2) is 0 Å². The van der Waals surface area contributed by atoms with Crippen LogP contribution in [-0.4, -0.2) is 85.0 Å². The van der Waals surface area contributed by atoms with Crippen molar-refractivity contribution < 1.29 is 13.2 Å². The number of aryl methyl sites for hydroxylation is 1. The second kappa shape index (κ2) is 14.7. The Kier molecular flexibility index (Phi) is 10.3. The molecular weight excluding hydrogens is 569 g/mol. The third-order valence-electron chi connectivity index (χ3n) is 9.44. The molecule has 0 spiro atoms. The van der Waals surface area contributed by atoms with E-state index >= 15 is 0 Å². The fraction of sp³-hybridized carbons (Fsp3) is 0.368. The third kappa shape index (κ3) is 8.03. The van der Waals surface area contributed by atoms with Gasteiger partial charge in [-0.25, -0.2) is 13.2 Å². The Morgan fingerprint density at radius 1 is 0.444 bits per heavy atom. The molecule has 0 saturated carbocycles. The summed E-state index contributed by atoms with van der Waals surface area (Å²) in [5, 5.41) is 0. The van der Waals surface area contributed by atoms with Crippen molar-refractivity contribution in [2.24, 2.45) is 0 Å². The quantitative estimate of drug-likeness (QED) is 0.193. The second-order valence-corrected chi connectivity index (χ2v) is 12.5. The standard InChI is InChI=1S/C38H43F3N4/c1-29-3-5-30(6-4-29)37(31-7-13-34(39)14-8-31)44-25-21-42(22-26-44)19-2-20-43-23-27-45(28-24-43)38(32-9-15-35(40)16-10-32)33-11-17-36(41)18-12-33/h3-18,37-38H,2,19-28H2,1H3. The van der Waals surface area contributed by atoms with Crippen LogP contribution in [0.15, 0.2) is 97.1 Å². The SMILES string of the molecule is Cc1ccc(C(c2ccc(F)cc2)N2CCN(CCCN3CCN(C(c4ccc(F)cc4)c4ccc(F)cc4)CC3)CC2)cc1. The molecule has 0 aromatic heterocycles. The van der Waals surface area contributed by atoms with Gasteiger partial charge in [-0.2, -0.15) is 0 Å². The highest BCUT2D eigenvalue weighted by atomic mass is 19.1. The van der Waals surface area contributed by atoms with Crippen LogP contribution < -0.4 is 0 Å². The van der Waals surface area contributed by atoms with Crippen molar-refractivity contribution in [1.82, 2.24) is 19.6 Å². The Balaban J connectivity index is 0.995. The highest BCUT2D eigenvalue weighted by Crippen LogP contribution is 2.31. The zero-order chi connectivity index (χ0) is 31.2. The van der Waals surface area contributed by atoms with Crippen LogP contribution in [0.2, 0.25) is 0 Å². The molecule has 2 heterocycles. The lowest BCUT2D eigenvalue weighted by Gasteiger charge is -2.41. The van der Waals surface area contributed by atoms with E-state index < -0.39 is 0 Å². The molecule has 6 rings (SSSR count). The molecule has 2 aliphatic heterocycles. The molecule has 2 aliphatic rings. The topological polar surface area (TPSA) is 13.0 Å². The molecule has 4 nitrogen and oxygen atoms in total. The molecule has 1 atom stereocenters. The van der Waals surface area contributed by atoms with Crippen molar-refractivity contribution in [2.45, 2.75) is 25.4 Å². The van der Waals surface area contributed by atoms with E-state index in [1.54, 1.807) is 12.1 Å². The van der Waals surface area contributed by atoms with Gasteiger partial charge in [0.1, 0.15) is 17.5 Å². The van der Waals surface area contributed by atoms with Crippen LogP contribution in [0.1, 0.15) is 46.3 Å². The van der Waals surface area contributed by atoms with E-state index in [1.807, 2.05) is 36.4 Å². The maximum Gasteiger partial charge on any atom is 0.123 e. The molecule has 45 heavy (non-hydrogen) atoms. The Bertz CT molecular complexity index is 1270. The molecule has 4 aromatic carbocycles. The number of rotatable bonds is 10. The molecule has 0 radical (unpaired) electrons. The summed E-state index contributed by atoms with van der Waals surface area (Å²) >= 11 is 0. The van der Waals surface area contributed by atoms with Gasteiger partial charge < -0.3 is 9.80 Å². The molecule has 4 aromatic rings. The van der Waals surface area contributed by atoms with Crippen molar-refractivity contribution in [2.75, 3.05) is 65.4 Å². The van der Waals surface area contributed by atoms with Gasteiger partial charge in [-0.15, -0.1) is 0 Å². The summed E-state index contributed by atoms with van der Waals surface area (Å²) in [6, 6.07) is 29.2. The summed E-state index contributed by atoms with van der Waals surface area (Å²) in [5.41, 5.74) is 5.68. The van der Waals surface area contributed by atoms with Crippen LogP contribution in [0.25, 0.3) is 0 Å². The smallest absolute Gasteiger partial charge is 0.123 e. The van der Waals surface area contributed by atoms with Crippen molar-refractivity contribution >= 4 is 0 Å². The summed E-state index contributed by atoms with van der Waals surface area (Å²) in [6.07, 6.45) is 1.12. The number of benzene rings is 4. The largest absolute Gasteiger partial charge is 0.301 e. The van der Waals surface area contributed by atoms with Gasteiger partial charge >= 0.3 is 0 Å². The van der Waals surface area contributed by atoms with E-state index in [1.165, 1.54) is 35.4 Å². The third-order valence-corrected chi connectivity index (χ3v) is 9.44. The van der Waals surface area contributed by atoms with Gasteiger partial charge in [0.2, 0.25) is 0 Å². The molecular formula is C38H43F3N4. The van der Waals surface area contributed by atoms with E-state index in [-0.39, 0.29) is 29.5 Å². The number of piperazine rings is 2. The number of halogens is 3. The van der Waals surface area contributed by atoms with Crippen molar-refractivity contribution in [3.05, 3.63) is 142 Å². The van der Waals surface area contributed by atoms with Crippen molar-refractivity contribution in [3.8, 4) is 0 Å². The maximum absolute atomic E-state index is 13.7. The highest BCUT2D eigenvalue weighted by molar-refractivity contribution is 5.34. The first-order valence-corrected chi connectivity index (χ1v) is 16.2. The van der Waals surface area contributed by atoms with Crippen molar-refractivity contribution in [3.63, 3.8) is 0 Å². The molecule has 2 fully saturated rings. The van der Waals surface area contributed by atoms with E-state index in [0.29, 0.717) is 0 Å². The van der Waals surface area contributed by atoms with Crippen LogP contribution >= 0.6 is 0 Å². The molecule has 0 N–H and O–H groups in total. The lowest BCUT2D eigenvalue weighted by molar-refractivity contribution is 0.0908. The molecule has 1 unspecified atom stereocenters. The molecule has 7 heteroatoms. The van der Waals surface area contributed by atoms with Gasteiger partial charge in [0, 0.05) is 52.4 Å². The predicted octanol–water partition coefficient (Wildman–Crippen LogP) is 6.92. The van der Waals surface area contributed by atoms with Crippen LogP contribution in [0.3, 0.4) is 0 Å². The van der Waals surface area contributed by atoms with Gasteiger partial charge in [0.05, 0.1) is 12.1 Å².